The molecular formula is C11H14N4O. The van der Waals surface area contributed by atoms with Crippen LogP contribution in [0.15, 0.2) is 29.5 Å². The molecule has 2 aromatic rings. The summed E-state index contributed by atoms with van der Waals surface area (Å²) >= 11 is 0. The second-order valence-corrected chi connectivity index (χ2v) is 4.14. The van der Waals surface area contributed by atoms with Crippen LogP contribution in [0.1, 0.15) is 13.8 Å². The van der Waals surface area contributed by atoms with Crippen molar-refractivity contribution in [2.45, 2.75) is 20.4 Å². The zero-order valence-electron chi connectivity index (χ0n) is 9.34. The number of aromatic nitrogens is 4. The van der Waals surface area contributed by atoms with E-state index < -0.39 is 0 Å². The lowest BCUT2D eigenvalue weighted by atomic mass is 10.2. The molecule has 5 nitrogen and oxygen atoms in total. The van der Waals surface area contributed by atoms with Crippen molar-refractivity contribution in [1.29, 1.82) is 0 Å². The van der Waals surface area contributed by atoms with Crippen molar-refractivity contribution in [1.82, 2.24) is 19.7 Å². The molecule has 2 rings (SSSR count). The van der Waals surface area contributed by atoms with Gasteiger partial charge in [-0.2, -0.15) is 0 Å². The van der Waals surface area contributed by atoms with Crippen LogP contribution < -0.4 is 5.56 Å². The Morgan fingerprint density at radius 1 is 1.50 bits per heavy atom. The molecule has 0 saturated heterocycles. The topological polar surface area (TPSA) is 63.6 Å². The predicted octanol–water partition coefficient (Wildman–Crippen LogP) is 1.29. The van der Waals surface area contributed by atoms with Gasteiger partial charge in [0, 0.05) is 24.4 Å². The summed E-state index contributed by atoms with van der Waals surface area (Å²) in [6.07, 6.45) is 3.31. The third-order valence-electron chi connectivity index (χ3n) is 2.21. The van der Waals surface area contributed by atoms with E-state index in [4.69, 9.17) is 0 Å². The molecule has 0 fully saturated rings. The minimum absolute atomic E-state index is 0.128. The number of pyridine rings is 1. The highest BCUT2D eigenvalue weighted by atomic mass is 16.1. The van der Waals surface area contributed by atoms with E-state index in [1.54, 1.807) is 12.5 Å². The summed E-state index contributed by atoms with van der Waals surface area (Å²) in [6, 6.07) is 3.35. The SMILES string of the molecule is CC(C)Cn1cnnc1-c1cc[nH]c(=O)c1. The summed E-state index contributed by atoms with van der Waals surface area (Å²) in [5.74, 6) is 1.25. The molecule has 0 radical (unpaired) electrons. The molecule has 0 amide bonds. The second kappa shape index (κ2) is 4.30. The van der Waals surface area contributed by atoms with Gasteiger partial charge in [0.1, 0.15) is 6.33 Å². The van der Waals surface area contributed by atoms with E-state index in [0.717, 1.165) is 17.9 Å². The number of hydrogen-bond acceptors (Lipinski definition) is 3. The van der Waals surface area contributed by atoms with Gasteiger partial charge in [0.2, 0.25) is 5.56 Å². The molecule has 1 N–H and O–H groups in total. The van der Waals surface area contributed by atoms with Crippen molar-refractivity contribution in [2.75, 3.05) is 0 Å². The van der Waals surface area contributed by atoms with Gasteiger partial charge in [-0.05, 0) is 12.0 Å². The van der Waals surface area contributed by atoms with Crippen molar-refractivity contribution in [3.63, 3.8) is 0 Å². The van der Waals surface area contributed by atoms with Crippen LogP contribution in [-0.2, 0) is 6.54 Å². The summed E-state index contributed by atoms with van der Waals surface area (Å²) in [5, 5.41) is 7.92. The van der Waals surface area contributed by atoms with E-state index in [9.17, 15) is 4.79 Å². The van der Waals surface area contributed by atoms with Crippen LogP contribution in [0.5, 0.6) is 0 Å². The van der Waals surface area contributed by atoms with E-state index in [2.05, 4.69) is 29.0 Å². The van der Waals surface area contributed by atoms with Crippen LogP contribution in [0.25, 0.3) is 11.4 Å². The summed E-state index contributed by atoms with van der Waals surface area (Å²) in [6.45, 7) is 5.10. The van der Waals surface area contributed by atoms with Gasteiger partial charge in [-0.15, -0.1) is 10.2 Å². The van der Waals surface area contributed by atoms with Crippen LogP contribution in [0.3, 0.4) is 0 Å². The first-order chi connectivity index (χ1) is 7.66. The van der Waals surface area contributed by atoms with Crippen LogP contribution in [0.4, 0.5) is 0 Å². The minimum Gasteiger partial charge on any atom is -0.329 e. The molecular weight excluding hydrogens is 204 g/mol. The van der Waals surface area contributed by atoms with Crippen LogP contribution >= 0.6 is 0 Å². The zero-order valence-corrected chi connectivity index (χ0v) is 9.34. The third kappa shape index (κ3) is 2.18. The average molecular weight is 218 g/mol. The lowest BCUT2D eigenvalue weighted by molar-refractivity contribution is 0.525. The van der Waals surface area contributed by atoms with Gasteiger partial charge in [-0.3, -0.25) is 4.79 Å². The first-order valence-electron chi connectivity index (χ1n) is 5.23. The molecule has 0 aliphatic carbocycles. The lowest BCUT2D eigenvalue weighted by Gasteiger charge is -2.08. The Morgan fingerprint density at radius 2 is 2.31 bits per heavy atom. The number of nitrogens with one attached hydrogen (secondary N) is 1. The Hall–Kier alpha value is -1.91. The molecule has 2 heterocycles. The number of H-pyrrole nitrogens is 1. The maximum Gasteiger partial charge on any atom is 0.248 e. The standard InChI is InChI=1S/C11H14N4O/c1-8(2)6-15-7-13-14-11(15)9-3-4-12-10(16)5-9/h3-5,7-8H,6H2,1-2H3,(H,12,16). The van der Waals surface area contributed by atoms with Gasteiger partial charge < -0.3 is 9.55 Å². The maximum absolute atomic E-state index is 11.2. The third-order valence-corrected chi connectivity index (χ3v) is 2.21. The van der Waals surface area contributed by atoms with Gasteiger partial charge in [0.25, 0.3) is 0 Å². The first kappa shape index (κ1) is 10.6. The van der Waals surface area contributed by atoms with Crippen molar-refractivity contribution in [3.8, 4) is 11.4 Å². The van der Waals surface area contributed by atoms with Gasteiger partial charge in [0.15, 0.2) is 5.82 Å². The number of rotatable bonds is 3. The fourth-order valence-electron chi connectivity index (χ4n) is 1.59. The Kier molecular flexibility index (Phi) is 2.85. The van der Waals surface area contributed by atoms with E-state index in [0.29, 0.717) is 5.92 Å². The van der Waals surface area contributed by atoms with Gasteiger partial charge in [-0.25, -0.2) is 0 Å². The molecule has 2 aromatic heterocycles. The first-order valence-corrected chi connectivity index (χ1v) is 5.23. The van der Waals surface area contributed by atoms with Crippen molar-refractivity contribution in [2.24, 2.45) is 5.92 Å². The minimum atomic E-state index is -0.128. The highest BCUT2D eigenvalue weighted by Gasteiger charge is 2.08. The molecule has 84 valence electrons. The Morgan fingerprint density at radius 3 is 3.00 bits per heavy atom. The molecule has 0 saturated carbocycles. The molecule has 0 atom stereocenters. The van der Waals surface area contributed by atoms with Gasteiger partial charge >= 0.3 is 0 Å². The van der Waals surface area contributed by atoms with Crippen LogP contribution in [-0.4, -0.2) is 19.7 Å². The summed E-state index contributed by atoms with van der Waals surface area (Å²) in [7, 11) is 0. The number of hydrogen-bond donors (Lipinski definition) is 1. The van der Waals surface area contributed by atoms with Crippen molar-refractivity contribution in [3.05, 3.63) is 35.0 Å². The van der Waals surface area contributed by atoms with Gasteiger partial charge in [0.05, 0.1) is 0 Å². The predicted molar refractivity (Wildman–Crippen MR) is 60.9 cm³/mol. The molecule has 16 heavy (non-hydrogen) atoms. The Labute approximate surface area is 93.2 Å². The zero-order chi connectivity index (χ0) is 11.5. The fourth-order valence-corrected chi connectivity index (χ4v) is 1.59. The van der Waals surface area contributed by atoms with Crippen LogP contribution in [0, 0.1) is 5.92 Å². The summed E-state index contributed by atoms with van der Waals surface area (Å²) in [5.41, 5.74) is 0.665. The molecule has 0 aliphatic rings. The van der Waals surface area contributed by atoms with E-state index in [1.807, 2.05) is 10.6 Å². The lowest BCUT2D eigenvalue weighted by Crippen LogP contribution is -2.07. The number of nitrogens with zero attached hydrogens (tertiary/aromatic N) is 3. The van der Waals surface area contributed by atoms with Crippen LogP contribution in [0.2, 0.25) is 0 Å². The molecule has 0 aromatic carbocycles. The Balaban J connectivity index is 2.40. The quantitative estimate of drug-likeness (QED) is 0.844. The normalized spacial score (nSPS) is 10.9. The highest BCUT2D eigenvalue weighted by Crippen LogP contribution is 2.14. The maximum atomic E-state index is 11.2. The monoisotopic (exact) mass is 218 g/mol. The molecule has 0 unspecified atom stereocenters. The largest absolute Gasteiger partial charge is 0.329 e. The average Bonchev–Trinajstić information content (AvgIpc) is 2.65. The smallest absolute Gasteiger partial charge is 0.248 e. The molecule has 0 spiro atoms. The number of aromatic amines is 1. The molecule has 0 aliphatic heterocycles. The fraction of sp³-hybridized carbons (Fsp3) is 0.364. The molecule has 5 heteroatoms. The Bertz CT molecular complexity index is 527. The summed E-state index contributed by atoms with van der Waals surface area (Å²) in [4.78, 5) is 13.8. The van der Waals surface area contributed by atoms with Gasteiger partial charge in [-0.1, -0.05) is 13.8 Å². The van der Waals surface area contributed by atoms with E-state index >= 15 is 0 Å². The van der Waals surface area contributed by atoms with E-state index in [-0.39, 0.29) is 5.56 Å². The van der Waals surface area contributed by atoms with Crippen molar-refractivity contribution >= 4 is 0 Å². The van der Waals surface area contributed by atoms with Crippen molar-refractivity contribution < 1.29 is 0 Å². The second-order valence-electron chi connectivity index (χ2n) is 4.14. The molecule has 0 bridgehead atoms. The summed E-state index contributed by atoms with van der Waals surface area (Å²) < 4.78 is 1.96. The highest BCUT2D eigenvalue weighted by molar-refractivity contribution is 5.53. The van der Waals surface area contributed by atoms with E-state index in [1.165, 1.54) is 6.07 Å².